The van der Waals surface area contributed by atoms with Crippen LogP contribution in [0.2, 0.25) is 15.1 Å². The molecule has 19 heavy (non-hydrogen) atoms. The summed E-state index contributed by atoms with van der Waals surface area (Å²) in [6.07, 6.45) is 0.779. The summed E-state index contributed by atoms with van der Waals surface area (Å²) in [7, 11) is 0. The Balaban J connectivity index is 2.39. The number of benzene rings is 2. The van der Waals surface area contributed by atoms with Gasteiger partial charge in [-0.2, -0.15) is 0 Å². The molecular weight excluding hydrogens is 321 g/mol. The topological polar surface area (TPSA) is 26.0 Å². The molecule has 2 aromatic carbocycles. The summed E-state index contributed by atoms with van der Waals surface area (Å²) < 4.78 is 0. The highest BCUT2D eigenvalue weighted by Gasteiger charge is 2.11. The predicted octanol–water partition coefficient (Wildman–Crippen LogP) is 5.30. The molecule has 0 heterocycles. The third-order valence-corrected chi connectivity index (χ3v) is 4.92. The van der Waals surface area contributed by atoms with Crippen LogP contribution in [-0.4, -0.2) is 6.54 Å². The van der Waals surface area contributed by atoms with Crippen LogP contribution < -0.4 is 5.73 Å². The lowest BCUT2D eigenvalue weighted by atomic mass is 10.1. The van der Waals surface area contributed by atoms with Crippen molar-refractivity contribution < 1.29 is 0 Å². The maximum absolute atomic E-state index is 6.27. The number of hydrogen-bond donors (Lipinski definition) is 1. The minimum absolute atomic E-state index is 0.581. The van der Waals surface area contributed by atoms with Crippen molar-refractivity contribution in [1.82, 2.24) is 0 Å². The highest BCUT2D eigenvalue weighted by molar-refractivity contribution is 7.99. The highest BCUT2D eigenvalue weighted by Crippen LogP contribution is 2.40. The van der Waals surface area contributed by atoms with Crippen molar-refractivity contribution in [2.24, 2.45) is 5.73 Å². The zero-order valence-electron chi connectivity index (χ0n) is 10.00. The third kappa shape index (κ3) is 3.80. The molecule has 0 spiro atoms. The molecule has 0 bridgehead atoms. The fraction of sp³-hybridized carbons (Fsp3) is 0.143. The summed E-state index contributed by atoms with van der Waals surface area (Å²) in [5.74, 6) is 0. The molecule has 2 rings (SSSR count). The quantitative estimate of drug-likeness (QED) is 0.822. The van der Waals surface area contributed by atoms with E-state index in [0.29, 0.717) is 21.6 Å². The number of nitrogens with two attached hydrogens (primary N) is 1. The number of halogens is 3. The van der Waals surface area contributed by atoms with E-state index in [9.17, 15) is 0 Å². The molecule has 5 heteroatoms. The van der Waals surface area contributed by atoms with Crippen molar-refractivity contribution in [3.05, 3.63) is 57.0 Å². The summed E-state index contributed by atoms with van der Waals surface area (Å²) in [5.41, 5.74) is 6.75. The van der Waals surface area contributed by atoms with Crippen molar-refractivity contribution >= 4 is 46.6 Å². The first-order chi connectivity index (χ1) is 9.11. The molecule has 0 saturated heterocycles. The Kier molecular flexibility index (Phi) is 5.43. The average Bonchev–Trinajstić information content (AvgIpc) is 2.38. The molecule has 2 N–H and O–H groups in total. The van der Waals surface area contributed by atoms with Crippen LogP contribution in [0.25, 0.3) is 0 Å². The van der Waals surface area contributed by atoms with E-state index in [1.54, 1.807) is 12.1 Å². The van der Waals surface area contributed by atoms with Crippen LogP contribution in [-0.2, 0) is 6.42 Å². The summed E-state index contributed by atoms with van der Waals surface area (Å²) >= 11 is 20.0. The van der Waals surface area contributed by atoms with E-state index in [1.807, 2.05) is 24.3 Å². The van der Waals surface area contributed by atoms with Crippen molar-refractivity contribution in [2.75, 3.05) is 6.54 Å². The second-order valence-corrected chi connectivity index (χ2v) is 6.25. The van der Waals surface area contributed by atoms with Gasteiger partial charge in [-0.3, -0.25) is 0 Å². The molecule has 2 aromatic rings. The van der Waals surface area contributed by atoms with Crippen LogP contribution in [0, 0.1) is 0 Å². The molecule has 0 unspecified atom stereocenters. The second-order valence-electron chi connectivity index (χ2n) is 3.94. The Hall–Kier alpha value is -0.380. The van der Waals surface area contributed by atoms with Gasteiger partial charge in [0.05, 0.1) is 10.0 Å². The Morgan fingerprint density at radius 2 is 1.79 bits per heavy atom. The lowest BCUT2D eigenvalue weighted by Gasteiger charge is -2.11. The van der Waals surface area contributed by atoms with Gasteiger partial charge in [-0.15, -0.1) is 0 Å². The molecule has 0 fully saturated rings. The van der Waals surface area contributed by atoms with Crippen molar-refractivity contribution in [3.63, 3.8) is 0 Å². The summed E-state index contributed by atoms with van der Waals surface area (Å²) in [4.78, 5) is 1.87. The van der Waals surface area contributed by atoms with Crippen LogP contribution in [0.5, 0.6) is 0 Å². The van der Waals surface area contributed by atoms with Gasteiger partial charge in [0.2, 0.25) is 0 Å². The van der Waals surface area contributed by atoms with Crippen molar-refractivity contribution in [3.8, 4) is 0 Å². The normalized spacial score (nSPS) is 10.7. The molecule has 0 aliphatic heterocycles. The highest BCUT2D eigenvalue weighted by atomic mass is 35.5. The SMILES string of the molecule is NCCc1cccc(Cl)c1Sc1cc(Cl)ccc1Cl. The van der Waals surface area contributed by atoms with E-state index in [2.05, 4.69) is 0 Å². The average molecular weight is 333 g/mol. The van der Waals surface area contributed by atoms with Gasteiger partial charge in [0.1, 0.15) is 0 Å². The van der Waals surface area contributed by atoms with E-state index >= 15 is 0 Å². The van der Waals surface area contributed by atoms with Crippen LogP contribution >= 0.6 is 46.6 Å². The monoisotopic (exact) mass is 331 g/mol. The molecule has 100 valence electrons. The molecular formula is C14H12Cl3NS. The minimum atomic E-state index is 0.581. The van der Waals surface area contributed by atoms with Gasteiger partial charge in [-0.05, 0) is 42.8 Å². The van der Waals surface area contributed by atoms with Crippen molar-refractivity contribution in [2.45, 2.75) is 16.2 Å². The van der Waals surface area contributed by atoms with E-state index in [-0.39, 0.29) is 0 Å². The summed E-state index contributed by atoms with van der Waals surface area (Å²) in [6.45, 7) is 0.581. The van der Waals surface area contributed by atoms with E-state index in [1.165, 1.54) is 11.8 Å². The van der Waals surface area contributed by atoms with Gasteiger partial charge in [0.15, 0.2) is 0 Å². The van der Waals surface area contributed by atoms with Crippen LogP contribution in [0.15, 0.2) is 46.2 Å². The molecule has 0 amide bonds. The first-order valence-corrected chi connectivity index (χ1v) is 7.67. The Morgan fingerprint density at radius 1 is 1.00 bits per heavy atom. The largest absolute Gasteiger partial charge is 0.330 e. The molecule has 0 aliphatic carbocycles. The first-order valence-electron chi connectivity index (χ1n) is 5.72. The fourth-order valence-corrected chi connectivity index (χ4v) is 3.50. The Bertz CT molecular complexity index is 587. The first kappa shape index (κ1) is 15.0. The zero-order chi connectivity index (χ0) is 13.8. The molecule has 1 nitrogen and oxygen atoms in total. The minimum Gasteiger partial charge on any atom is -0.330 e. The zero-order valence-corrected chi connectivity index (χ0v) is 13.1. The lowest BCUT2D eigenvalue weighted by Crippen LogP contribution is -2.03. The Morgan fingerprint density at radius 3 is 2.53 bits per heavy atom. The van der Waals surface area contributed by atoms with E-state index in [0.717, 1.165) is 21.8 Å². The van der Waals surface area contributed by atoms with Crippen molar-refractivity contribution in [1.29, 1.82) is 0 Å². The van der Waals surface area contributed by atoms with E-state index in [4.69, 9.17) is 40.5 Å². The van der Waals surface area contributed by atoms with Crippen LogP contribution in [0.1, 0.15) is 5.56 Å². The van der Waals surface area contributed by atoms with Gasteiger partial charge in [0, 0.05) is 14.8 Å². The maximum Gasteiger partial charge on any atom is 0.0548 e. The van der Waals surface area contributed by atoms with E-state index < -0.39 is 0 Å². The standard InChI is InChI=1S/C14H12Cl3NS/c15-10-4-5-11(16)13(8-10)19-14-9(6-7-18)2-1-3-12(14)17/h1-5,8H,6-7,18H2. The molecule has 0 radical (unpaired) electrons. The molecule has 0 atom stereocenters. The van der Waals surface area contributed by atoms with Gasteiger partial charge >= 0.3 is 0 Å². The number of rotatable bonds is 4. The van der Waals surface area contributed by atoms with Gasteiger partial charge in [-0.1, -0.05) is 58.7 Å². The van der Waals surface area contributed by atoms with Gasteiger partial charge in [-0.25, -0.2) is 0 Å². The summed E-state index contributed by atoms with van der Waals surface area (Å²) in [6, 6.07) is 11.2. The fourth-order valence-electron chi connectivity index (χ4n) is 1.69. The lowest BCUT2D eigenvalue weighted by molar-refractivity contribution is 0.944. The maximum atomic E-state index is 6.27. The van der Waals surface area contributed by atoms with Gasteiger partial charge in [0.25, 0.3) is 0 Å². The third-order valence-electron chi connectivity index (χ3n) is 2.57. The smallest absolute Gasteiger partial charge is 0.0548 e. The molecule has 0 aromatic heterocycles. The number of hydrogen-bond acceptors (Lipinski definition) is 2. The molecule has 0 saturated carbocycles. The Labute approximate surface area is 132 Å². The van der Waals surface area contributed by atoms with Crippen LogP contribution in [0.3, 0.4) is 0 Å². The van der Waals surface area contributed by atoms with Crippen LogP contribution in [0.4, 0.5) is 0 Å². The predicted molar refractivity (Wildman–Crippen MR) is 84.8 cm³/mol. The summed E-state index contributed by atoms with van der Waals surface area (Å²) in [5, 5.41) is 2.01. The second kappa shape index (κ2) is 6.87. The van der Waals surface area contributed by atoms with Gasteiger partial charge < -0.3 is 5.73 Å². The molecule has 0 aliphatic rings.